The van der Waals surface area contributed by atoms with Gasteiger partial charge < -0.3 is 4.74 Å². The van der Waals surface area contributed by atoms with Gasteiger partial charge in [-0.15, -0.1) is 0 Å². The highest BCUT2D eigenvalue weighted by Crippen LogP contribution is 2.21. The molecule has 2 nitrogen and oxygen atoms in total. The molecular formula is C17H28O2S. The quantitative estimate of drug-likeness (QED) is 0.713. The predicted molar refractivity (Wildman–Crippen MR) is 86.6 cm³/mol. The number of hydrogen-bond acceptors (Lipinski definition) is 2. The van der Waals surface area contributed by atoms with Gasteiger partial charge in [-0.1, -0.05) is 26.0 Å². The lowest BCUT2D eigenvalue weighted by atomic mass is 10.0. The second kappa shape index (κ2) is 7.94. The molecule has 2 atom stereocenters. The molecular weight excluding hydrogens is 268 g/mol. The summed E-state index contributed by atoms with van der Waals surface area (Å²) in [6.07, 6.45) is 4.03. The van der Waals surface area contributed by atoms with Gasteiger partial charge in [0.1, 0.15) is 0 Å². The lowest BCUT2D eigenvalue weighted by molar-refractivity contribution is 0.0135. The van der Waals surface area contributed by atoms with Crippen molar-refractivity contribution in [1.29, 1.82) is 0 Å². The van der Waals surface area contributed by atoms with E-state index in [0.29, 0.717) is 0 Å². The second-order valence-corrected chi connectivity index (χ2v) is 7.83. The Balaban J connectivity index is 2.50. The normalized spacial score (nSPS) is 15.1. The SMILES string of the molecule is CCc1ccc(S(=O)C(C)CCCC(C)(C)OC)cc1. The molecule has 2 unspecified atom stereocenters. The maximum Gasteiger partial charge on any atom is 0.0622 e. The van der Waals surface area contributed by atoms with Gasteiger partial charge in [-0.3, -0.25) is 4.21 Å². The minimum atomic E-state index is -0.909. The van der Waals surface area contributed by atoms with E-state index in [-0.39, 0.29) is 10.9 Å². The molecule has 3 heteroatoms. The molecule has 0 radical (unpaired) electrons. The van der Waals surface area contributed by atoms with E-state index in [1.54, 1.807) is 7.11 Å². The first-order valence-electron chi connectivity index (χ1n) is 7.44. The Morgan fingerprint density at radius 2 is 1.85 bits per heavy atom. The Bertz CT molecular complexity index is 423. The minimum Gasteiger partial charge on any atom is -0.379 e. The third-order valence-electron chi connectivity index (χ3n) is 3.87. The van der Waals surface area contributed by atoms with Crippen molar-refractivity contribution in [2.45, 2.75) is 69.1 Å². The highest BCUT2D eigenvalue weighted by atomic mass is 32.2. The zero-order valence-corrected chi connectivity index (χ0v) is 14.3. The van der Waals surface area contributed by atoms with E-state index in [4.69, 9.17) is 4.74 Å². The lowest BCUT2D eigenvalue weighted by Gasteiger charge is -2.23. The third-order valence-corrected chi connectivity index (χ3v) is 5.57. The molecule has 1 aromatic rings. The molecule has 0 aliphatic rings. The van der Waals surface area contributed by atoms with E-state index in [1.807, 2.05) is 12.1 Å². The maximum atomic E-state index is 12.4. The van der Waals surface area contributed by atoms with Gasteiger partial charge in [0.05, 0.1) is 16.4 Å². The summed E-state index contributed by atoms with van der Waals surface area (Å²) in [4.78, 5) is 0.945. The molecule has 0 aliphatic heterocycles. The first-order chi connectivity index (χ1) is 9.39. The highest BCUT2D eigenvalue weighted by Gasteiger charge is 2.18. The van der Waals surface area contributed by atoms with Gasteiger partial charge in [0.2, 0.25) is 0 Å². The van der Waals surface area contributed by atoms with Gasteiger partial charge in [0.15, 0.2) is 0 Å². The average molecular weight is 296 g/mol. The van der Waals surface area contributed by atoms with Crippen LogP contribution in [0.1, 0.15) is 52.5 Å². The molecule has 1 aromatic carbocycles. The van der Waals surface area contributed by atoms with Crippen molar-refractivity contribution in [3.05, 3.63) is 29.8 Å². The van der Waals surface area contributed by atoms with Crippen LogP contribution in [0.15, 0.2) is 29.2 Å². The van der Waals surface area contributed by atoms with Gasteiger partial charge in [-0.2, -0.15) is 0 Å². The van der Waals surface area contributed by atoms with Crippen molar-refractivity contribution in [2.75, 3.05) is 7.11 Å². The van der Waals surface area contributed by atoms with E-state index < -0.39 is 10.8 Å². The fourth-order valence-electron chi connectivity index (χ4n) is 2.12. The Kier molecular flexibility index (Phi) is 6.90. The molecule has 1 rings (SSSR count). The van der Waals surface area contributed by atoms with Crippen LogP contribution >= 0.6 is 0 Å². The number of methoxy groups -OCH3 is 1. The van der Waals surface area contributed by atoms with Crippen LogP contribution in [-0.4, -0.2) is 22.2 Å². The molecule has 0 saturated heterocycles. The topological polar surface area (TPSA) is 26.3 Å². The third kappa shape index (κ3) is 5.37. The first kappa shape index (κ1) is 17.4. The summed E-state index contributed by atoms with van der Waals surface area (Å²) >= 11 is 0. The van der Waals surface area contributed by atoms with E-state index in [9.17, 15) is 4.21 Å². The zero-order valence-electron chi connectivity index (χ0n) is 13.4. The average Bonchev–Trinajstić information content (AvgIpc) is 2.46. The van der Waals surface area contributed by atoms with Gasteiger partial charge >= 0.3 is 0 Å². The lowest BCUT2D eigenvalue weighted by Crippen LogP contribution is -2.23. The monoisotopic (exact) mass is 296 g/mol. The molecule has 0 N–H and O–H groups in total. The molecule has 0 spiro atoms. The molecule has 0 aliphatic carbocycles. The van der Waals surface area contributed by atoms with Crippen LogP contribution < -0.4 is 0 Å². The van der Waals surface area contributed by atoms with E-state index >= 15 is 0 Å². The molecule has 0 aromatic heterocycles. The van der Waals surface area contributed by atoms with Crippen molar-refractivity contribution < 1.29 is 8.95 Å². The first-order valence-corrected chi connectivity index (χ1v) is 8.65. The number of benzene rings is 1. The zero-order chi connectivity index (χ0) is 15.2. The Morgan fingerprint density at radius 3 is 2.35 bits per heavy atom. The molecule has 0 amide bonds. The fraction of sp³-hybridized carbons (Fsp3) is 0.647. The molecule has 0 saturated carbocycles. The summed E-state index contributed by atoms with van der Waals surface area (Å²) in [7, 11) is 0.837. The molecule has 0 heterocycles. The van der Waals surface area contributed by atoms with Crippen molar-refractivity contribution in [3.63, 3.8) is 0 Å². The summed E-state index contributed by atoms with van der Waals surface area (Å²) in [6.45, 7) is 8.39. The van der Waals surface area contributed by atoms with Crippen molar-refractivity contribution >= 4 is 10.8 Å². The fourth-order valence-corrected chi connectivity index (χ4v) is 3.37. The second-order valence-electron chi connectivity index (χ2n) is 5.96. The molecule has 20 heavy (non-hydrogen) atoms. The van der Waals surface area contributed by atoms with Gasteiger partial charge in [-0.05, 0) is 57.2 Å². The summed E-state index contributed by atoms with van der Waals surface area (Å²) in [5.74, 6) is 0. The van der Waals surface area contributed by atoms with Crippen LogP contribution in [-0.2, 0) is 22.0 Å². The van der Waals surface area contributed by atoms with Gasteiger partial charge in [-0.25, -0.2) is 0 Å². The smallest absolute Gasteiger partial charge is 0.0622 e. The summed E-state index contributed by atoms with van der Waals surface area (Å²) in [5.41, 5.74) is 1.21. The van der Waals surface area contributed by atoms with Crippen LogP contribution in [0.5, 0.6) is 0 Å². The largest absolute Gasteiger partial charge is 0.379 e. The number of ether oxygens (including phenoxy) is 1. The van der Waals surface area contributed by atoms with E-state index in [1.165, 1.54) is 5.56 Å². The molecule has 0 bridgehead atoms. The minimum absolute atomic E-state index is 0.0794. The van der Waals surface area contributed by atoms with Crippen LogP contribution in [0.25, 0.3) is 0 Å². The Morgan fingerprint density at radius 1 is 1.25 bits per heavy atom. The molecule has 114 valence electrons. The van der Waals surface area contributed by atoms with Crippen LogP contribution in [0.4, 0.5) is 0 Å². The number of aryl methyl sites for hydroxylation is 1. The van der Waals surface area contributed by atoms with Crippen molar-refractivity contribution in [3.8, 4) is 0 Å². The standard InChI is InChI=1S/C17H28O2S/c1-6-15-9-11-16(12-10-15)20(18)14(2)8-7-13-17(3,4)19-5/h9-12,14H,6-8,13H2,1-5H3. The van der Waals surface area contributed by atoms with Gasteiger partial charge in [0, 0.05) is 17.3 Å². The van der Waals surface area contributed by atoms with Crippen molar-refractivity contribution in [1.82, 2.24) is 0 Å². The van der Waals surface area contributed by atoms with Crippen LogP contribution in [0.2, 0.25) is 0 Å². The summed E-state index contributed by atoms with van der Waals surface area (Å²) in [5, 5.41) is 0.190. The maximum absolute atomic E-state index is 12.4. The molecule has 0 fully saturated rings. The number of hydrogen-bond donors (Lipinski definition) is 0. The summed E-state index contributed by atoms with van der Waals surface area (Å²) < 4.78 is 17.9. The Hall–Kier alpha value is -0.670. The Labute approximate surface area is 126 Å². The highest BCUT2D eigenvalue weighted by molar-refractivity contribution is 7.85. The van der Waals surface area contributed by atoms with Crippen LogP contribution in [0, 0.1) is 0 Å². The predicted octanol–water partition coefficient (Wildman–Crippen LogP) is 4.34. The summed E-state index contributed by atoms with van der Waals surface area (Å²) in [6, 6.07) is 8.16. The van der Waals surface area contributed by atoms with Crippen molar-refractivity contribution in [2.24, 2.45) is 0 Å². The van der Waals surface area contributed by atoms with E-state index in [2.05, 4.69) is 39.8 Å². The van der Waals surface area contributed by atoms with Crippen LogP contribution in [0.3, 0.4) is 0 Å². The van der Waals surface area contributed by atoms with E-state index in [0.717, 1.165) is 30.6 Å². The number of rotatable bonds is 8. The van der Waals surface area contributed by atoms with Gasteiger partial charge in [0.25, 0.3) is 0 Å².